The van der Waals surface area contributed by atoms with Crippen LogP contribution in [0.5, 0.6) is 0 Å². The summed E-state index contributed by atoms with van der Waals surface area (Å²) in [6, 6.07) is 6.52. The van der Waals surface area contributed by atoms with Crippen LogP contribution in [-0.2, 0) is 4.79 Å². The third-order valence-electron chi connectivity index (χ3n) is 4.38. The van der Waals surface area contributed by atoms with E-state index in [4.69, 9.17) is 11.5 Å². The largest absolute Gasteiger partial charge is 0.368 e. The summed E-state index contributed by atoms with van der Waals surface area (Å²) in [6.45, 7) is 4.25. The van der Waals surface area contributed by atoms with Gasteiger partial charge in [-0.1, -0.05) is 24.1 Å². The lowest BCUT2D eigenvalue weighted by Gasteiger charge is -2.27. The van der Waals surface area contributed by atoms with Crippen molar-refractivity contribution in [3.8, 4) is 0 Å². The highest BCUT2D eigenvalue weighted by Crippen LogP contribution is 2.37. The second-order valence-electron chi connectivity index (χ2n) is 5.90. The summed E-state index contributed by atoms with van der Waals surface area (Å²) in [5.74, 6) is 0.885. The van der Waals surface area contributed by atoms with Crippen LogP contribution < -0.4 is 11.5 Å². The van der Waals surface area contributed by atoms with Gasteiger partial charge in [0.05, 0.1) is 5.54 Å². The van der Waals surface area contributed by atoms with E-state index in [0.717, 1.165) is 31.4 Å². The molecule has 0 aliphatic heterocycles. The summed E-state index contributed by atoms with van der Waals surface area (Å²) >= 11 is 1.85. The van der Waals surface area contributed by atoms with E-state index in [1.165, 1.54) is 16.0 Å². The molecule has 0 spiro atoms. The molecule has 3 nitrogen and oxygen atoms in total. The first-order valence-electron chi connectivity index (χ1n) is 7.22. The number of primary amides is 1. The van der Waals surface area contributed by atoms with Crippen LogP contribution in [0.4, 0.5) is 0 Å². The van der Waals surface area contributed by atoms with Crippen molar-refractivity contribution in [2.24, 2.45) is 17.4 Å². The summed E-state index contributed by atoms with van der Waals surface area (Å²) in [6.07, 6.45) is 3.73. The van der Waals surface area contributed by atoms with Crippen molar-refractivity contribution in [1.82, 2.24) is 0 Å². The van der Waals surface area contributed by atoms with Gasteiger partial charge >= 0.3 is 0 Å². The molecule has 0 radical (unpaired) electrons. The molecule has 1 fully saturated rings. The summed E-state index contributed by atoms with van der Waals surface area (Å²) in [5.41, 5.74) is 13.5. The van der Waals surface area contributed by atoms with E-state index in [9.17, 15) is 4.79 Å². The SMILES string of the molecule is Cc1ccc(SCCC2CCCC2(N)C(N)=O)c(C)c1. The molecule has 0 aromatic heterocycles. The Hall–Kier alpha value is -1.00. The molecule has 1 aromatic rings. The normalized spacial score (nSPS) is 25.9. The Labute approximate surface area is 125 Å². The lowest BCUT2D eigenvalue weighted by atomic mass is 9.85. The van der Waals surface area contributed by atoms with Gasteiger partial charge in [0.2, 0.25) is 5.91 Å². The number of carbonyl (C=O) groups excluding carboxylic acids is 1. The predicted octanol–water partition coefficient (Wildman–Crippen LogP) is 2.77. The molecule has 110 valence electrons. The molecule has 4 heteroatoms. The first kappa shape index (κ1) is 15.4. The van der Waals surface area contributed by atoms with E-state index in [0.29, 0.717) is 0 Å². The van der Waals surface area contributed by atoms with Gasteiger partial charge in [-0.2, -0.15) is 0 Å². The third-order valence-corrected chi connectivity index (χ3v) is 5.59. The molecule has 1 amide bonds. The Morgan fingerprint density at radius 2 is 2.20 bits per heavy atom. The summed E-state index contributed by atoms with van der Waals surface area (Å²) in [4.78, 5) is 12.9. The molecule has 1 aliphatic carbocycles. The van der Waals surface area contributed by atoms with Crippen LogP contribution in [0.2, 0.25) is 0 Å². The van der Waals surface area contributed by atoms with E-state index < -0.39 is 5.54 Å². The zero-order valence-electron chi connectivity index (χ0n) is 12.3. The molecular weight excluding hydrogens is 268 g/mol. The molecule has 20 heavy (non-hydrogen) atoms. The molecule has 1 aromatic carbocycles. The zero-order valence-corrected chi connectivity index (χ0v) is 13.1. The van der Waals surface area contributed by atoms with Crippen LogP contribution in [0.15, 0.2) is 23.1 Å². The zero-order chi connectivity index (χ0) is 14.8. The highest BCUT2D eigenvalue weighted by molar-refractivity contribution is 7.99. The Morgan fingerprint density at radius 1 is 1.45 bits per heavy atom. The fraction of sp³-hybridized carbons (Fsp3) is 0.562. The smallest absolute Gasteiger partial charge is 0.237 e. The van der Waals surface area contributed by atoms with Gasteiger partial charge in [0, 0.05) is 4.90 Å². The van der Waals surface area contributed by atoms with E-state index in [1.54, 1.807) is 0 Å². The quantitative estimate of drug-likeness (QED) is 0.820. The Kier molecular flexibility index (Phi) is 4.76. The number of aryl methyl sites for hydroxylation is 2. The van der Waals surface area contributed by atoms with Crippen molar-refractivity contribution < 1.29 is 4.79 Å². The van der Waals surface area contributed by atoms with Crippen LogP contribution in [-0.4, -0.2) is 17.2 Å². The lowest BCUT2D eigenvalue weighted by Crippen LogP contribution is -2.54. The number of thioether (sulfide) groups is 1. The van der Waals surface area contributed by atoms with E-state index in [2.05, 4.69) is 32.0 Å². The van der Waals surface area contributed by atoms with Gasteiger partial charge in [-0.3, -0.25) is 4.79 Å². The molecule has 2 unspecified atom stereocenters. The van der Waals surface area contributed by atoms with Crippen molar-refractivity contribution in [3.05, 3.63) is 29.3 Å². The van der Waals surface area contributed by atoms with Crippen molar-refractivity contribution in [2.75, 3.05) is 5.75 Å². The number of carbonyl (C=O) groups is 1. The molecule has 1 aliphatic rings. The van der Waals surface area contributed by atoms with Crippen LogP contribution in [0, 0.1) is 19.8 Å². The fourth-order valence-corrected chi connectivity index (χ4v) is 4.17. The summed E-state index contributed by atoms with van der Waals surface area (Å²) in [5, 5.41) is 0. The predicted molar refractivity (Wildman–Crippen MR) is 84.7 cm³/mol. The molecule has 0 heterocycles. The monoisotopic (exact) mass is 292 g/mol. The second kappa shape index (κ2) is 6.19. The number of hydrogen-bond acceptors (Lipinski definition) is 3. The van der Waals surface area contributed by atoms with Gasteiger partial charge in [-0.15, -0.1) is 11.8 Å². The second-order valence-corrected chi connectivity index (χ2v) is 7.04. The van der Waals surface area contributed by atoms with E-state index in [1.807, 2.05) is 11.8 Å². The minimum absolute atomic E-state index is 0.234. The minimum atomic E-state index is -0.775. The number of benzene rings is 1. The maximum absolute atomic E-state index is 11.5. The first-order valence-corrected chi connectivity index (χ1v) is 8.21. The van der Waals surface area contributed by atoms with Crippen molar-refractivity contribution >= 4 is 17.7 Å². The Bertz CT molecular complexity index is 503. The van der Waals surface area contributed by atoms with Crippen LogP contribution in [0.3, 0.4) is 0 Å². The average molecular weight is 292 g/mol. The van der Waals surface area contributed by atoms with E-state index >= 15 is 0 Å². The van der Waals surface area contributed by atoms with Crippen LogP contribution in [0.1, 0.15) is 36.8 Å². The number of nitrogens with two attached hydrogens (primary N) is 2. The molecular formula is C16H24N2OS. The molecule has 2 rings (SSSR count). The summed E-state index contributed by atoms with van der Waals surface area (Å²) < 4.78 is 0. The summed E-state index contributed by atoms with van der Waals surface area (Å²) in [7, 11) is 0. The van der Waals surface area contributed by atoms with Crippen molar-refractivity contribution in [2.45, 2.75) is 50.0 Å². The number of hydrogen-bond donors (Lipinski definition) is 2. The molecule has 0 bridgehead atoms. The minimum Gasteiger partial charge on any atom is -0.368 e. The highest BCUT2D eigenvalue weighted by atomic mass is 32.2. The van der Waals surface area contributed by atoms with Gasteiger partial charge in [0.25, 0.3) is 0 Å². The van der Waals surface area contributed by atoms with Gasteiger partial charge in [-0.05, 0) is 56.4 Å². The van der Waals surface area contributed by atoms with Crippen LogP contribution in [0.25, 0.3) is 0 Å². The number of amides is 1. The van der Waals surface area contributed by atoms with Gasteiger partial charge < -0.3 is 11.5 Å². The Morgan fingerprint density at radius 3 is 2.85 bits per heavy atom. The highest BCUT2D eigenvalue weighted by Gasteiger charge is 2.43. The molecule has 4 N–H and O–H groups in total. The topological polar surface area (TPSA) is 69.1 Å². The van der Waals surface area contributed by atoms with Crippen molar-refractivity contribution in [3.63, 3.8) is 0 Å². The van der Waals surface area contributed by atoms with Gasteiger partial charge in [0.1, 0.15) is 0 Å². The molecule has 1 saturated carbocycles. The number of rotatable bonds is 5. The average Bonchev–Trinajstić information content (AvgIpc) is 2.75. The van der Waals surface area contributed by atoms with Crippen molar-refractivity contribution in [1.29, 1.82) is 0 Å². The van der Waals surface area contributed by atoms with Gasteiger partial charge in [0.15, 0.2) is 0 Å². The van der Waals surface area contributed by atoms with Gasteiger partial charge in [-0.25, -0.2) is 0 Å². The fourth-order valence-electron chi connectivity index (χ4n) is 3.10. The standard InChI is InChI=1S/C16H24N2OS/c1-11-5-6-14(12(2)10-11)20-9-7-13-4-3-8-16(13,18)15(17)19/h5-6,10,13H,3-4,7-9,18H2,1-2H3,(H2,17,19). The maximum atomic E-state index is 11.5. The Balaban J connectivity index is 1.91. The lowest BCUT2D eigenvalue weighted by molar-refractivity contribution is -0.124. The first-order chi connectivity index (χ1) is 9.43. The third kappa shape index (κ3) is 3.18. The van der Waals surface area contributed by atoms with Crippen LogP contribution >= 0.6 is 11.8 Å². The molecule has 0 saturated heterocycles. The van der Waals surface area contributed by atoms with E-state index in [-0.39, 0.29) is 11.8 Å². The molecule has 2 atom stereocenters. The maximum Gasteiger partial charge on any atom is 0.237 e.